The zero-order valence-corrected chi connectivity index (χ0v) is 22.5. The van der Waals surface area contributed by atoms with Crippen LogP contribution in [0.5, 0.6) is 0 Å². The fourth-order valence-electron chi connectivity index (χ4n) is 5.55. The molecule has 1 aliphatic rings. The van der Waals surface area contributed by atoms with Gasteiger partial charge in [0.25, 0.3) is 5.91 Å². The Bertz CT molecular complexity index is 1440. The Balaban J connectivity index is 1.52. The number of aliphatic hydroxyl groups is 1. The van der Waals surface area contributed by atoms with Gasteiger partial charge < -0.3 is 9.84 Å². The van der Waals surface area contributed by atoms with E-state index >= 15 is 0 Å². The molecule has 1 saturated heterocycles. The van der Waals surface area contributed by atoms with Gasteiger partial charge in [-0.3, -0.25) is 4.79 Å². The number of benzene rings is 4. The number of imide groups is 1. The molecular formula is C33H34N2O4. The van der Waals surface area contributed by atoms with Crippen LogP contribution in [0.25, 0.3) is 10.8 Å². The third-order valence-corrected chi connectivity index (χ3v) is 7.46. The van der Waals surface area contributed by atoms with Crippen LogP contribution in [0.4, 0.5) is 4.79 Å². The van der Waals surface area contributed by atoms with Crippen molar-refractivity contribution in [2.24, 2.45) is 5.92 Å². The molecule has 6 nitrogen and oxygen atoms in total. The van der Waals surface area contributed by atoms with Crippen molar-refractivity contribution in [2.75, 3.05) is 0 Å². The second kappa shape index (κ2) is 11.4. The normalized spacial score (nSPS) is 19.6. The molecule has 1 aliphatic heterocycles. The molecule has 1 N–H and O–H groups in total. The van der Waals surface area contributed by atoms with Crippen molar-refractivity contribution in [3.63, 3.8) is 0 Å². The van der Waals surface area contributed by atoms with Gasteiger partial charge in [-0.2, -0.15) is 10.0 Å². The van der Waals surface area contributed by atoms with E-state index in [1.807, 2.05) is 124 Å². The van der Waals surface area contributed by atoms with E-state index in [0.29, 0.717) is 5.56 Å². The number of fused-ring (bicyclic) bond motifs is 1. The smallest absolute Gasteiger partial charge is 0.432 e. The molecule has 1 heterocycles. The Kier molecular flexibility index (Phi) is 7.77. The lowest BCUT2D eigenvalue weighted by Gasteiger charge is -2.47. The standard InChI is InChI=1S/C33H34N2O4/c1-22(2)34-23(3)31(26-15-8-5-9-16-26)39-33(38)35(34)32(37)29(20-24-12-6-4-7-13-24)30(36)28-19-18-25-14-10-11-17-27(25)21-28/h4-19,21-23,29-31,36H,20H2,1-3H3/t23-,29-,30+,31-/m0/s1. The van der Waals surface area contributed by atoms with Crippen molar-refractivity contribution in [2.45, 2.75) is 51.5 Å². The number of nitrogens with zero attached hydrogens (tertiary/aromatic N) is 2. The maximum Gasteiger partial charge on any atom is 0.432 e. The maximum absolute atomic E-state index is 14.3. The van der Waals surface area contributed by atoms with Crippen LogP contribution < -0.4 is 0 Å². The van der Waals surface area contributed by atoms with Gasteiger partial charge in [0.15, 0.2) is 0 Å². The molecule has 1 fully saturated rings. The number of cyclic esters (lactones) is 1. The highest BCUT2D eigenvalue weighted by Crippen LogP contribution is 2.36. The molecule has 0 aromatic heterocycles. The lowest BCUT2D eigenvalue weighted by molar-refractivity contribution is -0.182. The lowest BCUT2D eigenvalue weighted by atomic mass is 9.88. The van der Waals surface area contributed by atoms with E-state index in [-0.39, 0.29) is 18.5 Å². The fourth-order valence-corrected chi connectivity index (χ4v) is 5.55. The summed E-state index contributed by atoms with van der Waals surface area (Å²) in [6.07, 6.45) is -2.13. The third-order valence-electron chi connectivity index (χ3n) is 7.46. The van der Waals surface area contributed by atoms with E-state index in [1.165, 1.54) is 0 Å². The number of hydrazine groups is 1. The molecule has 200 valence electrons. The molecule has 5 rings (SSSR count). The van der Waals surface area contributed by atoms with Crippen LogP contribution in [0.3, 0.4) is 0 Å². The van der Waals surface area contributed by atoms with E-state index < -0.39 is 30.1 Å². The first-order chi connectivity index (χ1) is 18.8. The number of amides is 2. The fraction of sp³-hybridized carbons (Fsp3) is 0.273. The van der Waals surface area contributed by atoms with Gasteiger partial charge in [-0.1, -0.05) is 97.1 Å². The Morgan fingerprint density at radius 1 is 0.872 bits per heavy atom. The van der Waals surface area contributed by atoms with Gasteiger partial charge >= 0.3 is 6.09 Å². The average molecular weight is 523 g/mol. The number of hydrogen-bond donors (Lipinski definition) is 1. The highest BCUT2D eigenvalue weighted by molar-refractivity contribution is 5.94. The molecule has 4 atom stereocenters. The van der Waals surface area contributed by atoms with Crippen LogP contribution in [0, 0.1) is 5.92 Å². The summed E-state index contributed by atoms with van der Waals surface area (Å²) in [5.41, 5.74) is 2.39. The molecule has 2 amide bonds. The Morgan fingerprint density at radius 2 is 1.49 bits per heavy atom. The predicted octanol–water partition coefficient (Wildman–Crippen LogP) is 6.47. The first-order valence-corrected chi connectivity index (χ1v) is 13.4. The largest absolute Gasteiger partial charge is 0.438 e. The van der Waals surface area contributed by atoms with Gasteiger partial charge in [0.1, 0.15) is 6.10 Å². The first kappa shape index (κ1) is 26.6. The molecule has 0 aliphatic carbocycles. The molecule has 39 heavy (non-hydrogen) atoms. The highest BCUT2D eigenvalue weighted by Gasteiger charge is 2.47. The van der Waals surface area contributed by atoms with Crippen molar-refractivity contribution in [1.29, 1.82) is 0 Å². The first-order valence-electron chi connectivity index (χ1n) is 13.4. The molecule has 6 heteroatoms. The summed E-state index contributed by atoms with van der Waals surface area (Å²) < 4.78 is 5.89. The van der Waals surface area contributed by atoms with Crippen LogP contribution in [0.15, 0.2) is 103 Å². The second-order valence-corrected chi connectivity index (χ2v) is 10.4. The molecule has 0 bridgehead atoms. The molecule has 0 saturated carbocycles. The minimum absolute atomic E-state index is 0.168. The molecule has 4 aromatic carbocycles. The minimum atomic E-state index is -1.13. The van der Waals surface area contributed by atoms with E-state index in [1.54, 1.807) is 5.01 Å². The highest BCUT2D eigenvalue weighted by atomic mass is 16.6. The lowest BCUT2D eigenvalue weighted by Crippen LogP contribution is -2.63. The van der Waals surface area contributed by atoms with Gasteiger partial charge in [0.2, 0.25) is 0 Å². The van der Waals surface area contributed by atoms with Gasteiger partial charge in [0, 0.05) is 6.04 Å². The van der Waals surface area contributed by atoms with Gasteiger partial charge in [0.05, 0.1) is 18.1 Å². The molecule has 0 spiro atoms. The van der Waals surface area contributed by atoms with E-state index in [9.17, 15) is 14.7 Å². The van der Waals surface area contributed by atoms with E-state index in [2.05, 4.69) is 0 Å². The summed E-state index contributed by atoms with van der Waals surface area (Å²) in [6, 6.07) is 32.3. The van der Waals surface area contributed by atoms with Crippen LogP contribution in [-0.2, 0) is 16.0 Å². The Morgan fingerprint density at radius 3 is 2.15 bits per heavy atom. The average Bonchev–Trinajstić information content (AvgIpc) is 2.96. The number of rotatable bonds is 7. The summed E-state index contributed by atoms with van der Waals surface area (Å²) in [7, 11) is 0. The van der Waals surface area contributed by atoms with E-state index in [4.69, 9.17) is 4.74 Å². The zero-order valence-electron chi connectivity index (χ0n) is 22.5. The molecule has 4 aromatic rings. The number of carbonyl (C=O) groups is 2. The zero-order chi connectivity index (χ0) is 27.5. The third kappa shape index (κ3) is 5.44. The predicted molar refractivity (Wildman–Crippen MR) is 151 cm³/mol. The van der Waals surface area contributed by atoms with Gasteiger partial charge in [-0.25, -0.2) is 4.79 Å². The quantitative estimate of drug-likeness (QED) is 0.301. The summed E-state index contributed by atoms with van der Waals surface area (Å²) in [4.78, 5) is 27.8. The van der Waals surface area contributed by atoms with Gasteiger partial charge in [-0.05, 0) is 60.7 Å². The van der Waals surface area contributed by atoms with Crippen molar-refractivity contribution < 1.29 is 19.4 Å². The summed E-state index contributed by atoms with van der Waals surface area (Å²) >= 11 is 0. The SMILES string of the molecule is CC(C)N1[C@@H](C)[C@@H](c2ccccc2)OC(=O)N1C(=O)[C@@H](Cc1ccccc1)[C@H](O)c1ccc2ccccc2c1. The van der Waals surface area contributed by atoms with Crippen LogP contribution in [0.2, 0.25) is 0 Å². The number of aliphatic hydroxyl groups excluding tert-OH is 1. The second-order valence-electron chi connectivity index (χ2n) is 10.4. The van der Waals surface area contributed by atoms with Crippen molar-refractivity contribution in [1.82, 2.24) is 10.0 Å². The summed E-state index contributed by atoms with van der Waals surface area (Å²) in [5, 5.41) is 16.6. The molecule has 0 radical (unpaired) electrons. The van der Waals surface area contributed by atoms with Crippen molar-refractivity contribution in [3.8, 4) is 0 Å². The summed E-state index contributed by atoms with van der Waals surface area (Å²) in [5.74, 6) is -1.40. The van der Waals surface area contributed by atoms with Crippen LogP contribution in [-0.4, -0.2) is 39.2 Å². The van der Waals surface area contributed by atoms with Crippen LogP contribution >= 0.6 is 0 Å². The van der Waals surface area contributed by atoms with Crippen molar-refractivity contribution in [3.05, 3.63) is 120 Å². The number of hydrogen-bond acceptors (Lipinski definition) is 5. The van der Waals surface area contributed by atoms with Gasteiger partial charge in [-0.15, -0.1) is 0 Å². The topological polar surface area (TPSA) is 70.1 Å². The maximum atomic E-state index is 14.3. The monoisotopic (exact) mass is 522 g/mol. The Hall–Kier alpha value is -4.00. The van der Waals surface area contributed by atoms with Crippen LogP contribution in [0.1, 0.15) is 49.7 Å². The number of carbonyl (C=O) groups excluding carboxylic acids is 2. The Labute approximate surface area is 229 Å². The molecule has 0 unspecified atom stereocenters. The number of ether oxygens (including phenoxy) is 1. The van der Waals surface area contributed by atoms with E-state index in [0.717, 1.165) is 26.9 Å². The summed E-state index contributed by atoms with van der Waals surface area (Å²) in [6.45, 7) is 5.85. The van der Waals surface area contributed by atoms with Crippen molar-refractivity contribution >= 4 is 22.8 Å². The minimum Gasteiger partial charge on any atom is -0.438 e. The molecular weight excluding hydrogens is 488 g/mol.